The third kappa shape index (κ3) is 4.50. The Balaban J connectivity index is 1.80. The molecular formula is C12H12ClNO2S3. The zero-order chi connectivity index (χ0) is 13.7. The third-order valence-electron chi connectivity index (χ3n) is 2.24. The van der Waals surface area contributed by atoms with Crippen LogP contribution >= 0.6 is 34.7 Å². The quantitative estimate of drug-likeness (QED) is 0.650. The van der Waals surface area contributed by atoms with Gasteiger partial charge in [0.15, 0.2) is 0 Å². The lowest BCUT2D eigenvalue weighted by molar-refractivity contribution is 0.586. The van der Waals surface area contributed by atoms with Gasteiger partial charge in [-0.3, -0.25) is 0 Å². The molecule has 1 aromatic carbocycles. The summed E-state index contributed by atoms with van der Waals surface area (Å²) in [5, 5.41) is 2.44. The van der Waals surface area contributed by atoms with Crippen LogP contribution in [0.5, 0.6) is 0 Å². The van der Waals surface area contributed by atoms with Gasteiger partial charge in [0.2, 0.25) is 10.0 Å². The zero-order valence-electron chi connectivity index (χ0n) is 9.87. The molecule has 1 aromatic heterocycles. The average Bonchev–Trinajstić information content (AvgIpc) is 2.91. The van der Waals surface area contributed by atoms with Crippen LogP contribution in [0.25, 0.3) is 0 Å². The van der Waals surface area contributed by atoms with E-state index in [1.54, 1.807) is 29.3 Å². The van der Waals surface area contributed by atoms with Crippen LogP contribution in [0.1, 0.15) is 0 Å². The predicted molar refractivity (Wildman–Crippen MR) is 81.7 cm³/mol. The molecule has 19 heavy (non-hydrogen) atoms. The molecule has 2 aromatic rings. The Kier molecular flexibility index (Phi) is 5.29. The lowest BCUT2D eigenvalue weighted by Crippen LogP contribution is -2.25. The maximum atomic E-state index is 11.8. The molecule has 7 heteroatoms. The Morgan fingerprint density at radius 1 is 1.21 bits per heavy atom. The molecule has 0 spiro atoms. The van der Waals surface area contributed by atoms with E-state index in [4.69, 9.17) is 11.6 Å². The summed E-state index contributed by atoms with van der Waals surface area (Å²) in [6.45, 7) is 0.396. The number of halogens is 1. The van der Waals surface area contributed by atoms with Gasteiger partial charge in [0.25, 0.3) is 0 Å². The van der Waals surface area contributed by atoms with Gasteiger partial charge in [-0.2, -0.15) is 0 Å². The maximum absolute atomic E-state index is 11.8. The normalized spacial score (nSPS) is 11.6. The minimum atomic E-state index is -3.34. The minimum Gasteiger partial charge on any atom is -0.210 e. The van der Waals surface area contributed by atoms with Crippen molar-refractivity contribution in [2.75, 3.05) is 12.3 Å². The minimum absolute atomic E-state index is 0.351. The first-order valence-electron chi connectivity index (χ1n) is 5.49. The van der Waals surface area contributed by atoms with E-state index in [2.05, 4.69) is 4.72 Å². The number of hydrogen-bond donors (Lipinski definition) is 1. The standard InChI is InChI=1S/C12H12ClNO2S3/c13-10-3-5-11(6-4-10)17-9-7-14-19(15,16)12-2-1-8-18-12/h1-6,8,14H,7,9H2. The highest BCUT2D eigenvalue weighted by molar-refractivity contribution is 7.99. The highest BCUT2D eigenvalue weighted by Gasteiger charge is 2.13. The summed E-state index contributed by atoms with van der Waals surface area (Å²) in [7, 11) is -3.34. The molecule has 1 N–H and O–H groups in total. The molecule has 102 valence electrons. The number of thiophene rings is 1. The fourth-order valence-electron chi connectivity index (χ4n) is 1.36. The highest BCUT2D eigenvalue weighted by atomic mass is 35.5. The van der Waals surface area contributed by atoms with Crippen LogP contribution in [0.2, 0.25) is 5.02 Å². The largest absolute Gasteiger partial charge is 0.250 e. The average molecular weight is 334 g/mol. The maximum Gasteiger partial charge on any atom is 0.250 e. The molecule has 0 unspecified atom stereocenters. The van der Waals surface area contributed by atoms with Crippen molar-refractivity contribution in [3.8, 4) is 0 Å². The van der Waals surface area contributed by atoms with Gasteiger partial charge in [0.05, 0.1) is 0 Å². The molecule has 3 nitrogen and oxygen atoms in total. The second-order valence-corrected chi connectivity index (χ2v) is 8.18. The molecule has 0 bridgehead atoms. The molecule has 0 saturated heterocycles. The van der Waals surface area contributed by atoms with E-state index in [1.807, 2.05) is 24.3 Å². The van der Waals surface area contributed by atoms with Gasteiger partial charge < -0.3 is 0 Å². The van der Waals surface area contributed by atoms with Gasteiger partial charge in [-0.05, 0) is 35.7 Å². The summed E-state index contributed by atoms with van der Waals surface area (Å²) < 4.78 is 26.6. The second-order valence-electron chi connectivity index (χ2n) is 3.63. The number of nitrogens with one attached hydrogen (secondary N) is 1. The van der Waals surface area contributed by atoms with Crippen molar-refractivity contribution >= 4 is 44.7 Å². The fourth-order valence-corrected chi connectivity index (χ4v) is 4.46. The molecule has 0 aliphatic heterocycles. The van der Waals surface area contributed by atoms with E-state index in [1.165, 1.54) is 11.3 Å². The smallest absolute Gasteiger partial charge is 0.210 e. The van der Waals surface area contributed by atoms with Crippen LogP contribution in [-0.4, -0.2) is 20.7 Å². The number of sulfonamides is 1. The Morgan fingerprint density at radius 2 is 1.95 bits per heavy atom. The van der Waals surface area contributed by atoms with Gasteiger partial charge in [0, 0.05) is 22.2 Å². The van der Waals surface area contributed by atoms with E-state index >= 15 is 0 Å². The first-order chi connectivity index (χ1) is 9.08. The predicted octanol–water partition coefficient (Wildman–Crippen LogP) is 3.47. The van der Waals surface area contributed by atoms with Gasteiger partial charge in [-0.1, -0.05) is 17.7 Å². The van der Waals surface area contributed by atoms with Crippen LogP contribution < -0.4 is 4.72 Å². The molecular weight excluding hydrogens is 322 g/mol. The number of thioether (sulfide) groups is 1. The Labute approximate surface area is 126 Å². The summed E-state index contributed by atoms with van der Waals surface area (Å²) in [5.41, 5.74) is 0. The molecule has 0 radical (unpaired) electrons. The first kappa shape index (κ1) is 14.9. The van der Waals surface area contributed by atoms with Crippen LogP contribution in [0.4, 0.5) is 0 Å². The first-order valence-corrected chi connectivity index (χ1v) is 9.22. The highest BCUT2D eigenvalue weighted by Crippen LogP contribution is 2.20. The summed E-state index contributed by atoms with van der Waals surface area (Å²) in [6, 6.07) is 10.8. The van der Waals surface area contributed by atoms with E-state index in [0.717, 1.165) is 4.90 Å². The summed E-state index contributed by atoms with van der Waals surface area (Å²) >= 11 is 8.59. The lowest BCUT2D eigenvalue weighted by Gasteiger charge is -2.04. The Hall–Kier alpha value is -0.530. The monoisotopic (exact) mass is 333 g/mol. The van der Waals surface area contributed by atoms with Crippen molar-refractivity contribution in [2.45, 2.75) is 9.10 Å². The SMILES string of the molecule is O=S(=O)(NCCSc1ccc(Cl)cc1)c1cccs1. The van der Waals surface area contributed by atoms with E-state index in [9.17, 15) is 8.42 Å². The van der Waals surface area contributed by atoms with E-state index in [-0.39, 0.29) is 0 Å². The Morgan fingerprint density at radius 3 is 2.58 bits per heavy atom. The van der Waals surface area contributed by atoms with Gasteiger partial charge in [-0.15, -0.1) is 23.1 Å². The number of benzene rings is 1. The third-order valence-corrected chi connectivity index (χ3v) is 6.36. The van der Waals surface area contributed by atoms with Crippen molar-refractivity contribution in [2.24, 2.45) is 0 Å². The van der Waals surface area contributed by atoms with Crippen LogP contribution in [-0.2, 0) is 10.0 Å². The Bertz CT molecular complexity index is 609. The van der Waals surface area contributed by atoms with Gasteiger partial charge >= 0.3 is 0 Å². The molecule has 2 rings (SSSR count). The molecule has 0 aliphatic rings. The molecule has 0 saturated carbocycles. The number of hydrogen-bond acceptors (Lipinski definition) is 4. The molecule has 0 atom stereocenters. The van der Waals surface area contributed by atoms with E-state index in [0.29, 0.717) is 21.5 Å². The number of rotatable bonds is 6. The second kappa shape index (κ2) is 6.76. The van der Waals surface area contributed by atoms with Crippen molar-refractivity contribution in [1.82, 2.24) is 4.72 Å². The summed E-state index contributed by atoms with van der Waals surface area (Å²) in [6.07, 6.45) is 0. The fraction of sp³-hybridized carbons (Fsp3) is 0.167. The van der Waals surface area contributed by atoms with Gasteiger partial charge in [0.1, 0.15) is 4.21 Å². The van der Waals surface area contributed by atoms with E-state index < -0.39 is 10.0 Å². The molecule has 1 heterocycles. The van der Waals surface area contributed by atoms with Gasteiger partial charge in [-0.25, -0.2) is 13.1 Å². The topological polar surface area (TPSA) is 46.2 Å². The van der Waals surface area contributed by atoms with Crippen molar-refractivity contribution in [3.05, 3.63) is 46.8 Å². The summed E-state index contributed by atoms with van der Waals surface area (Å²) in [4.78, 5) is 1.07. The zero-order valence-corrected chi connectivity index (χ0v) is 13.1. The van der Waals surface area contributed by atoms with Crippen LogP contribution in [0.3, 0.4) is 0 Å². The van der Waals surface area contributed by atoms with Crippen molar-refractivity contribution in [3.63, 3.8) is 0 Å². The molecule has 0 amide bonds. The van der Waals surface area contributed by atoms with Crippen LogP contribution in [0.15, 0.2) is 50.9 Å². The van der Waals surface area contributed by atoms with Crippen molar-refractivity contribution < 1.29 is 8.42 Å². The lowest BCUT2D eigenvalue weighted by atomic mass is 10.4. The summed E-state index contributed by atoms with van der Waals surface area (Å²) in [5.74, 6) is 0.673. The van der Waals surface area contributed by atoms with Crippen molar-refractivity contribution in [1.29, 1.82) is 0 Å². The molecule has 0 aliphatic carbocycles. The van der Waals surface area contributed by atoms with Crippen LogP contribution in [0, 0.1) is 0 Å². The molecule has 0 fully saturated rings.